The van der Waals surface area contributed by atoms with E-state index < -0.39 is 5.76 Å². The predicted octanol–water partition coefficient (Wildman–Crippen LogP) is 4.04. The number of hydrogen-bond donors (Lipinski definition) is 2. The highest BCUT2D eigenvalue weighted by Crippen LogP contribution is 2.24. The van der Waals surface area contributed by atoms with Crippen LogP contribution in [0, 0.1) is 6.92 Å². The second-order valence-electron chi connectivity index (χ2n) is 7.09. The lowest BCUT2D eigenvalue weighted by atomic mass is 10.2. The number of carbonyl (C=O) groups is 1. The third-order valence-electron chi connectivity index (χ3n) is 4.82. The van der Waals surface area contributed by atoms with Crippen LogP contribution in [0.15, 0.2) is 86.6 Å². The van der Waals surface area contributed by atoms with Crippen molar-refractivity contribution in [3.8, 4) is 28.6 Å². The highest BCUT2D eigenvalue weighted by molar-refractivity contribution is 6.04. The zero-order valence-corrected chi connectivity index (χ0v) is 16.9. The van der Waals surface area contributed by atoms with Crippen LogP contribution in [0.2, 0.25) is 0 Å². The number of carbonyl (C=O) groups excluding carboxylic acids is 1. The van der Waals surface area contributed by atoms with Crippen molar-refractivity contribution in [1.29, 1.82) is 0 Å². The quantitative estimate of drug-likeness (QED) is 0.437. The Kier molecular flexibility index (Phi) is 4.75. The second kappa shape index (κ2) is 7.88. The van der Waals surface area contributed by atoms with Gasteiger partial charge >= 0.3 is 5.76 Å². The van der Waals surface area contributed by atoms with E-state index in [-0.39, 0.29) is 11.8 Å². The Morgan fingerprint density at radius 3 is 2.50 bits per heavy atom. The summed E-state index contributed by atoms with van der Waals surface area (Å²) in [5.41, 5.74) is 3.92. The smallest absolute Gasteiger partial charge is 0.434 e. The normalized spacial score (nSPS) is 10.9. The van der Waals surface area contributed by atoms with E-state index in [9.17, 15) is 9.59 Å². The zero-order valence-electron chi connectivity index (χ0n) is 16.9. The molecule has 5 aromatic rings. The van der Waals surface area contributed by atoms with Gasteiger partial charge in [-0.1, -0.05) is 17.7 Å². The van der Waals surface area contributed by atoms with E-state index in [2.05, 4.69) is 20.6 Å². The highest BCUT2D eigenvalue weighted by atomic mass is 16.4. The van der Waals surface area contributed by atoms with Gasteiger partial charge in [0.1, 0.15) is 11.4 Å². The fourth-order valence-corrected chi connectivity index (χ4v) is 3.21. The molecule has 3 aromatic heterocycles. The van der Waals surface area contributed by atoms with Crippen molar-refractivity contribution in [1.82, 2.24) is 20.0 Å². The molecule has 9 nitrogen and oxygen atoms in total. The van der Waals surface area contributed by atoms with Gasteiger partial charge in [0.25, 0.3) is 5.91 Å². The Bertz CT molecular complexity index is 1430. The molecule has 0 radical (unpaired) electrons. The molecule has 0 bridgehead atoms. The van der Waals surface area contributed by atoms with Gasteiger partial charge in [-0.25, -0.2) is 14.6 Å². The van der Waals surface area contributed by atoms with Crippen molar-refractivity contribution in [2.75, 3.05) is 5.32 Å². The largest absolute Gasteiger partial charge is 0.463 e. The molecule has 0 saturated heterocycles. The Balaban J connectivity index is 1.46. The Morgan fingerprint density at radius 2 is 1.84 bits per heavy atom. The number of furan rings is 1. The van der Waals surface area contributed by atoms with E-state index in [4.69, 9.17) is 8.83 Å². The molecule has 0 aliphatic heterocycles. The maximum Gasteiger partial charge on any atom is 0.434 e. The summed E-state index contributed by atoms with van der Waals surface area (Å²) >= 11 is 0. The van der Waals surface area contributed by atoms with Crippen molar-refractivity contribution in [3.05, 3.63) is 94.8 Å². The molecular formula is C23H17N5O4. The number of rotatable bonds is 5. The van der Waals surface area contributed by atoms with E-state index in [1.54, 1.807) is 53.4 Å². The molecule has 9 heteroatoms. The molecule has 2 N–H and O–H groups in total. The van der Waals surface area contributed by atoms with Gasteiger partial charge in [-0.3, -0.25) is 4.79 Å². The van der Waals surface area contributed by atoms with E-state index in [1.165, 1.54) is 0 Å². The topological polar surface area (TPSA) is 119 Å². The number of aromatic amines is 1. The number of nitrogens with zero attached hydrogens (tertiary/aromatic N) is 3. The average molecular weight is 427 g/mol. The highest BCUT2D eigenvalue weighted by Gasteiger charge is 2.19. The molecular weight excluding hydrogens is 410 g/mol. The van der Waals surface area contributed by atoms with Gasteiger partial charge in [0.05, 0.1) is 12.0 Å². The third-order valence-corrected chi connectivity index (χ3v) is 4.82. The fraction of sp³-hybridized carbons (Fsp3) is 0.0435. The molecule has 0 aliphatic carbocycles. The Morgan fingerprint density at radius 1 is 1.06 bits per heavy atom. The number of nitrogens with one attached hydrogen (secondary N) is 2. The van der Waals surface area contributed by atoms with Crippen LogP contribution in [0.3, 0.4) is 0 Å². The molecule has 0 spiro atoms. The van der Waals surface area contributed by atoms with Crippen LogP contribution in [-0.4, -0.2) is 25.9 Å². The van der Waals surface area contributed by atoms with Gasteiger partial charge in [0, 0.05) is 17.3 Å². The van der Waals surface area contributed by atoms with Crippen LogP contribution in [-0.2, 0) is 0 Å². The summed E-state index contributed by atoms with van der Waals surface area (Å²) in [4.78, 5) is 24.3. The number of hydrogen-bond acceptors (Lipinski definition) is 6. The number of benzene rings is 2. The number of anilines is 1. The molecule has 0 aliphatic rings. The SMILES string of the molecule is Cc1ccc(-n2nc(-c3ccco3)cc2C(=O)Nc2ccc(-c3n[nH]c(=O)o3)cc2)cc1. The first-order valence-corrected chi connectivity index (χ1v) is 9.75. The third kappa shape index (κ3) is 3.74. The molecule has 0 fully saturated rings. The molecule has 2 aromatic carbocycles. The molecule has 1 amide bonds. The maximum atomic E-state index is 13.1. The lowest BCUT2D eigenvalue weighted by molar-refractivity contribution is 0.101. The summed E-state index contributed by atoms with van der Waals surface area (Å²) in [6.45, 7) is 1.99. The number of amides is 1. The van der Waals surface area contributed by atoms with Crippen molar-refractivity contribution in [2.24, 2.45) is 0 Å². The summed E-state index contributed by atoms with van der Waals surface area (Å²) in [5.74, 6) is -0.229. The van der Waals surface area contributed by atoms with Crippen molar-refractivity contribution >= 4 is 11.6 Å². The van der Waals surface area contributed by atoms with Crippen LogP contribution < -0.4 is 11.1 Å². The zero-order chi connectivity index (χ0) is 22.1. The molecule has 5 rings (SSSR count). The first-order valence-electron chi connectivity index (χ1n) is 9.75. The van der Waals surface area contributed by atoms with E-state index in [0.29, 0.717) is 28.4 Å². The predicted molar refractivity (Wildman–Crippen MR) is 117 cm³/mol. The van der Waals surface area contributed by atoms with Crippen LogP contribution in [0.25, 0.3) is 28.6 Å². The minimum atomic E-state index is -0.630. The van der Waals surface area contributed by atoms with Gasteiger partial charge in [-0.05, 0) is 55.5 Å². The Hall–Kier alpha value is -4.66. The lowest BCUT2D eigenvalue weighted by Crippen LogP contribution is -2.16. The average Bonchev–Trinajstić information content (AvgIpc) is 3.55. The summed E-state index contributed by atoms with van der Waals surface area (Å²) in [6, 6.07) is 19.7. The second-order valence-corrected chi connectivity index (χ2v) is 7.09. The molecule has 0 atom stereocenters. The fourth-order valence-electron chi connectivity index (χ4n) is 3.21. The van der Waals surface area contributed by atoms with Crippen LogP contribution in [0.1, 0.15) is 16.1 Å². The lowest BCUT2D eigenvalue weighted by Gasteiger charge is -2.09. The number of aryl methyl sites for hydroxylation is 1. The molecule has 0 saturated carbocycles. The Labute approximate surface area is 181 Å². The molecule has 158 valence electrons. The summed E-state index contributed by atoms with van der Waals surface area (Å²) in [5, 5.41) is 13.5. The van der Waals surface area contributed by atoms with Crippen LogP contribution >= 0.6 is 0 Å². The van der Waals surface area contributed by atoms with Crippen LogP contribution in [0.4, 0.5) is 5.69 Å². The summed E-state index contributed by atoms with van der Waals surface area (Å²) in [6.07, 6.45) is 1.56. The number of H-pyrrole nitrogens is 1. The van der Waals surface area contributed by atoms with Crippen molar-refractivity contribution < 1.29 is 13.6 Å². The minimum Gasteiger partial charge on any atom is -0.463 e. The number of aromatic nitrogens is 4. The van der Waals surface area contributed by atoms with Gasteiger partial charge in [0.2, 0.25) is 5.89 Å². The first-order chi connectivity index (χ1) is 15.6. The summed E-state index contributed by atoms with van der Waals surface area (Å²) < 4.78 is 12.0. The monoisotopic (exact) mass is 427 g/mol. The first kappa shape index (κ1) is 19.3. The van der Waals surface area contributed by atoms with Crippen molar-refractivity contribution in [2.45, 2.75) is 6.92 Å². The van der Waals surface area contributed by atoms with E-state index in [1.807, 2.05) is 31.2 Å². The van der Waals surface area contributed by atoms with Gasteiger partial charge in [0.15, 0.2) is 5.76 Å². The van der Waals surface area contributed by atoms with Gasteiger partial charge in [-0.2, -0.15) is 5.10 Å². The minimum absolute atomic E-state index is 0.174. The van der Waals surface area contributed by atoms with E-state index >= 15 is 0 Å². The molecule has 0 unspecified atom stereocenters. The standard InChI is InChI=1S/C23H17N5O4/c1-14-4-10-17(11-5-14)28-19(13-18(27-28)20-3-2-12-31-20)21(29)24-16-8-6-15(7-9-16)22-25-26-23(30)32-22/h2-13H,1H3,(H,24,29)(H,26,30). The van der Waals surface area contributed by atoms with E-state index in [0.717, 1.165) is 11.3 Å². The maximum absolute atomic E-state index is 13.1. The summed E-state index contributed by atoms with van der Waals surface area (Å²) in [7, 11) is 0. The molecule has 3 heterocycles. The van der Waals surface area contributed by atoms with Crippen LogP contribution in [0.5, 0.6) is 0 Å². The molecule has 32 heavy (non-hydrogen) atoms. The van der Waals surface area contributed by atoms with Gasteiger partial charge < -0.3 is 14.2 Å². The van der Waals surface area contributed by atoms with Crippen molar-refractivity contribution in [3.63, 3.8) is 0 Å². The van der Waals surface area contributed by atoms with Gasteiger partial charge in [-0.15, -0.1) is 5.10 Å².